The van der Waals surface area contributed by atoms with Crippen molar-refractivity contribution < 1.29 is 9.47 Å². The van der Waals surface area contributed by atoms with Gasteiger partial charge >= 0.3 is 0 Å². The third-order valence-electron chi connectivity index (χ3n) is 3.28. The molecule has 0 radical (unpaired) electrons. The first-order chi connectivity index (χ1) is 10.3. The highest BCUT2D eigenvalue weighted by atomic mass is 31.1. The lowest BCUT2D eigenvalue weighted by Crippen LogP contribution is -2.09. The fraction of sp³-hybridized carbons (Fsp3) is 0.294. The van der Waals surface area contributed by atoms with Gasteiger partial charge in [0.15, 0.2) is 0 Å². The maximum Gasteiger partial charge on any atom is 0.126 e. The van der Waals surface area contributed by atoms with Gasteiger partial charge in [-0.25, -0.2) is 0 Å². The number of rotatable bonds is 7. The summed E-state index contributed by atoms with van der Waals surface area (Å²) in [6.45, 7) is 2.26. The van der Waals surface area contributed by atoms with E-state index in [0.717, 1.165) is 35.1 Å². The molecule has 0 N–H and O–H groups in total. The van der Waals surface area contributed by atoms with Crippen LogP contribution in [0.4, 0.5) is 0 Å². The first kappa shape index (κ1) is 16.3. The van der Waals surface area contributed by atoms with E-state index in [2.05, 4.69) is 31.2 Å². The molecule has 2 unspecified atom stereocenters. The molecule has 2 atom stereocenters. The van der Waals surface area contributed by atoms with Gasteiger partial charge in [-0.1, -0.05) is 60.5 Å². The Kier molecular flexibility index (Phi) is 6.49. The Hall–Kier alpha value is -1.10. The van der Waals surface area contributed by atoms with E-state index < -0.39 is 0 Å². The van der Waals surface area contributed by atoms with Crippen LogP contribution in [-0.2, 0) is 0 Å². The lowest BCUT2D eigenvalue weighted by Gasteiger charge is -2.18. The van der Waals surface area contributed by atoms with Gasteiger partial charge in [0.2, 0.25) is 0 Å². The summed E-state index contributed by atoms with van der Waals surface area (Å²) in [5, 5.41) is 3.26. The SMILES string of the molecule is CCC(Pc1ccccc1OC)Pc1ccccc1OC. The molecule has 2 aromatic carbocycles. The molecule has 2 nitrogen and oxygen atoms in total. The molecule has 2 aromatic rings. The van der Waals surface area contributed by atoms with E-state index in [1.165, 1.54) is 10.6 Å². The van der Waals surface area contributed by atoms with E-state index in [1.54, 1.807) is 14.2 Å². The van der Waals surface area contributed by atoms with Gasteiger partial charge in [0.05, 0.1) is 14.2 Å². The molecular formula is C17H22O2P2. The monoisotopic (exact) mass is 320 g/mol. The van der Waals surface area contributed by atoms with Crippen LogP contribution in [0.1, 0.15) is 13.3 Å². The van der Waals surface area contributed by atoms with Crippen molar-refractivity contribution in [1.29, 1.82) is 0 Å². The van der Waals surface area contributed by atoms with Crippen molar-refractivity contribution in [3.8, 4) is 11.5 Å². The second-order valence-electron chi connectivity index (χ2n) is 4.65. The summed E-state index contributed by atoms with van der Waals surface area (Å²) in [4.78, 5) is 0. The second kappa shape index (κ2) is 8.37. The van der Waals surface area contributed by atoms with Gasteiger partial charge < -0.3 is 9.47 Å². The van der Waals surface area contributed by atoms with Crippen molar-refractivity contribution in [2.24, 2.45) is 0 Å². The zero-order chi connectivity index (χ0) is 15.1. The number of benzene rings is 2. The van der Waals surface area contributed by atoms with Crippen LogP contribution in [-0.4, -0.2) is 19.6 Å². The van der Waals surface area contributed by atoms with Gasteiger partial charge in [0, 0.05) is 16.0 Å². The lowest BCUT2D eigenvalue weighted by atomic mass is 10.3. The molecule has 0 fully saturated rings. The van der Waals surface area contributed by atoms with Crippen LogP contribution < -0.4 is 20.1 Å². The molecule has 0 bridgehead atoms. The first-order valence-electron chi connectivity index (χ1n) is 7.07. The minimum absolute atomic E-state index is 0.637. The highest BCUT2D eigenvalue weighted by molar-refractivity contribution is 7.65. The molecule has 0 aliphatic rings. The number of para-hydroxylation sites is 2. The molecule has 0 amide bonds. The number of ether oxygens (including phenoxy) is 2. The zero-order valence-electron chi connectivity index (χ0n) is 12.7. The molecule has 4 heteroatoms. The Labute approximate surface area is 130 Å². The topological polar surface area (TPSA) is 18.5 Å². The predicted molar refractivity (Wildman–Crippen MR) is 96.0 cm³/mol. The average molecular weight is 320 g/mol. The molecule has 0 aliphatic heterocycles. The van der Waals surface area contributed by atoms with Crippen molar-refractivity contribution in [2.45, 2.75) is 18.7 Å². The predicted octanol–water partition coefficient (Wildman–Crippen LogP) is 3.75. The van der Waals surface area contributed by atoms with Crippen LogP contribution in [0.15, 0.2) is 48.5 Å². The molecule has 0 heterocycles. The van der Waals surface area contributed by atoms with E-state index in [-0.39, 0.29) is 0 Å². The van der Waals surface area contributed by atoms with Gasteiger partial charge in [-0.05, 0) is 18.6 Å². The summed E-state index contributed by atoms with van der Waals surface area (Å²) in [6.07, 6.45) is 1.16. The Morgan fingerprint density at radius 1 is 0.810 bits per heavy atom. The van der Waals surface area contributed by atoms with E-state index in [1.807, 2.05) is 24.3 Å². The Balaban J connectivity index is 2.13. The summed E-state index contributed by atoms with van der Waals surface area (Å²) in [7, 11) is 5.00. The van der Waals surface area contributed by atoms with E-state index in [0.29, 0.717) is 5.40 Å². The largest absolute Gasteiger partial charge is 0.496 e. The lowest BCUT2D eigenvalue weighted by molar-refractivity contribution is 0.418. The van der Waals surface area contributed by atoms with Gasteiger partial charge in [-0.3, -0.25) is 0 Å². The molecule has 0 aliphatic carbocycles. The quantitative estimate of drug-likeness (QED) is 0.724. The Morgan fingerprint density at radius 2 is 1.24 bits per heavy atom. The fourth-order valence-electron chi connectivity index (χ4n) is 2.14. The van der Waals surface area contributed by atoms with Crippen molar-refractivity contribution in [2.75, 3.05) is 14.2 Å². The standard InChI is InChI=1S/C17H22O2P2/c1-4-17(20-15-11-7-5-9-13(15)18-2)21-16-12-8-6-10-14(16)19-3/h5-12,17,20-21H,4H2,1-3H3. The molecule has 0 saturated heterocycles. The fourth-order valence-corrected chi connectivity index (χ4v) is 5.56. The number of hydrogen-bond donors (Lipinski definition) is 0. The van der Waals surface area contributed by atoms with E-state index in [9.17, 15) is 0 Å². The van der Waals surface area contributed by atoms with Crippen molar-refractivity contribution in [3.05, 3.63) is 48.5 Å². The average Bonchev–Trinajstić information content (AvgIpc) is 2.55. The van der Waals surface area contributed by atoms with Crippen molar-refractivity contribution in [1.82, 2.24) is 0 Å². The number of methoxy groups -OCH3 is 2. The van der Waals surface area contributed by atoms with Crippen LogP contribution in [0, 0.1) is 0 Å². The summed E-state index contributed by atoms with van der Waals surface area (Å²) < 4.78 is 10.9. The van der Waals surface area contributed by atoms with Gasteiger partial charge in [0.25, 0.3) is 0 Å². The Morgan fingerprint density at radius 3 is 1.62 bits per heavy atom. The molecule has 112 valence electrons. The van der Waals surface area contributed by atoms with Crippen LogP contribution in [0.25, 0.3) is 0 Å². The molecule has 2 rings (SSSR count). The smallest absolute Gasteiger partial charge is 0.126 e. The third kappa shape index (κ3) is 4.43. The van der Waals surface area contributed by atoms with Crippen molar-refractivity contribution in [3.63, 3.8) is 0 Å². The zero-order valence-corrected chi connectivity index (χ0v) is 14.7. The molecule has 21 heavy (non-hydrogen) atoms. The molecule has 0 spiro atoms. The molecule has 0 aromatic heterocycles. The highest BCUT2D eigenvalue weighted by Crippen LogP contribution is 2.39. The van der Waals surface area contributed by atoms with Crippen LogP contribution >= 0.6 is 17.2 Å². The highest BCUT2D eigenvalue weighted by Gasteiger charge is 2.13. The van der Waals surface area contributed by atoms with Crippen molar-refractivity contribution >= 4 is 27.8 Å². The van der Waals surface area contributed by atoms with Gasteiger partial charge in [0.1, 0.15) is 11.5 Å². The normalized spacial score (nSPS) is 13.1. The number of hydrogen-bond acceptors (Lipinski definition) is 2. The summed E-state index contributed by atoms with van der Waals surface area (Å²) >= 11 is 0. The summed E-state index contributed by atoms with van der Waals surface area (Å²) in [5.74, 6) is 2.00. The van der Waals surface area contributed by atoms with E-state index in [4.69, 9.17) is 9.47 Å². The maximum absolute atomic E-state index is 5.47. The van der Waals surface area contributed by atoms with Crippen LogP contribution in [0.3, 0.4) is 0 Å². The first-order valence-corrected chi connectivity index (χ1v) is 9.23. The van der Waals surface area contributed by atoms with Crippen LogP contribution in [0.2, 0.25) is 0 Å². The van der Waals surface area contributed by atoms with Crippen LogP contribution in [0.5, 0.6) is 11.5 Å². The summed E-state index contributed by atoms with van der Waals surface area (Å²) in [5.41, 5.74) is 0. The van der Waals surface area contributed by atoms with Gasteiger partial charge in [-0.15, -0.1) is 0 Å². The molecule has 0 saturated carbocycles. The van der Waals surface area contributed by atoms with Gasteiger partial charge in [-0.2, -0.15) is 0 Å². The van der Waals surface area contributed by atoms with E-state index >= 15 is 0 Å². The molecular weight excluding hydrogens is 298 g/mol. The second-order valence-corrected chi connectivity index (χ2v) is 8.28. The minimum Gasteiger partial charge on any atom is -0.496 e. The summed E-state index contributed by atoms with van der Waals surface area (Å²) in [6, 6.07) is 16.7. The third-order valence-corrected chi connectivity index (χ3v) is 7.11. The Bertz CT molecular complexity index is 523. The minimum atomic E-state index is 0.637. The maximum atomic E-state index is 5.47.